The van der Waals surface area contributed by atoms with Crippen LogP contribution in [0.4, 0.5) is 19.0 Å². The zero-order valence-corrected chi connectivity index (χ0v) is 7.81. The minimum Gasteiger partial charge on any atom is -0.383 e. The number of fused-ring (bicyclic) bond motifs is 1. The molecule has 0 saturated carbocycles. The zero-order valence-electron chi connectivity index (χ0n) is 7.81. The zero-order chi connectivity index (χ0) is 11.2. The second-order valence-corrected chi connectivity index (χ2v) is 3.24. The number of hydrogen-bond donors (Lipinski definition) is 1. The Morgan fingerprint density at radius 1 is 1.13 bits per heavy atom. The van der Waals surface area contributed by atoms with E-state index in [0.717, 1.165) is 6.07 Å². The van der Waals surface area contributed by atoms with Crippen molar-refractivity contribution < 1.29 is 13.2 Å². The van der Waals surface area contributed by atoms with Crippen LogP contribution in [0.25, 0.3) is 10.9 Å². The van der Waals surface area contributed by atoms with Crippen molar-refractivity contribution in [1.29, 1.82) is 0 Å². The van der Waals surface area contributed by atoms with Gasteiger partial charge in [-0.2, -0.15) is 0 Å². The minimum absolute atomic E-state index is 0.00880. The van der Waals surface area contributed by atoms with Gasteiger partial charge in [0.2, 0.25) is 0 Å². The first-order valence-corrected chi connectivity index (χ1v) is 4.21. The Kier molecular flexibility index (Phi) is 2.03. The summed E-state index contributed by atoms with van der Waals surface area (Å²) in [5.74, 6) is -3.82. The molecule has 0 fully saturated rings. The SMILES string of the molecule is Cc1cc2c(F)c(F)c(F)cc2nc1N. The molecule has 5 heteroatoms. The molecule has 0 spiro atoms. The van der Waals surface area contributed by atoms with Crippen molar-refractivity contribution in [3.8, 4) is 0 Å². The number of benzene rings is 1. The first-order chi connectivity index (χ1) is 7.00. The van der Waals surface area contributed by atoms with Crippen LogP contribution in [-0.2, 0) is 0 Å². The molecule has 1 aromatic carbocycles. The van der Waals surface area contributed by atoms with Crippen molar-refractivity contribution in [2.75, 3.05) is 5.73 Å². The molecule has 1 heterocycles. The number of pyridine rings is 1. The third-order valence-corrected chi connectivity index (χ3v) is 2.18. The number of hydrogen-bond acceptors (Lipinski definition) is 2. The van der Waals surface area contributed by atoms with Crippen LogP contribution >= 0.6 is 0 Å². The summed E-state index contributed by atoms with van der Waals surface area (Å²) in [5, 5.41) is -0.0689. The topological polar surface area (TPSA) is 38.9 Å². The predicted octanol–water partition coefficient (Wildman–Crippen LogP) is 2.54. The van der Waals surface area contributed by atoms with Gasteiger partial charge in [-0.3, -0.25) is 0 Å². The monoisotopic (exact) mass is 212 g/mol. The summed E-state index contributed by atoms with van der Waals surface area (Å²) in [6.45, 7) is 1.61. The number of aryl methyl sites for hydroxylation is 1. The quantitative estimate of drug-likeness (QED) is 0.681. The van der Waals surface area contributed by atoms with Crippen molar-refractivity contribution in [3.05, 3.63) is 35.1 Å². The fourth-order valence-corrected chi connectivity index (χ4v) is 1.33. The van der Waals surface area contributed by atoms with Crippen LogP contribution in [-0.4, -0.2) is 4.98 Å². The van der Waals surface area contributed by atoms with E-state index in [2.05, 4.69) is 4.98 Å². The summed E-state index contributed by atoms with van der Waals surface area (Å²) in [6.07, 6.45) is 0. The van der Waals surface area contributed by atoms with E-state index in [4.69, 9.17) is 5.73 Å². The Morgan fingerprint density at radius 3 is 2.47 bits per heavy atom. The van der Waals surface area contributed by atoms with Crippen LogP contribution in [0.2, 0.25) is 0 Å². The summed E-state index contributed by atoms with van der Waals surface area (Å²) in [6, 6.07) is 2.17. The third-order valence-electron chi connectivity index (χ3n) is 2.18. The fourth-order valence-electron chi connectivity index (χ4n) is 1.33. The molecule has 0 aliphatic carbocycles. The van der Waals surface area contributed by atoms with E-state index in [1.807, 2.05) is 0 Å². The van der Waals surface area contributed by atoms with Crippen LogP contribution in [0.5, 0.6) is 0 Å². The molecule has 0 aliphatic heterocycles. The lowest BCUT2D eigenvalue weighted by molar-refractivity contribution is 0.453. The van der Waals surface area contributed by atoms with Gasteiger partial charge in [-0.1, -0.05) is 0 Å². The number of nitrogens with two attached hydrogens (primary N) is 1. The molecular formula is C10H7F3N2. The molecule has 2 nitrogen and oxygen atoms in total. The summed E-state index contributed by atoms with van der Waals surface area (Å²) >= 11 is 0. The van der Waals surface area contributed by atoms with Gasteiger partial charge in [-0.05, 0) is 18.6 Å². The lowest BCUT2D eigenvalue weighted by atomic mass is 10.1. The van der Waals surface area contributed by atoms with Crippen LogP contribution in [0.1, 0.15) is 5.56 Å². The van der Waals surface area contributed by atoms with E-state index in [1.54, 1.807) is 6.92 Å². The van der Waals surface area contributed by atoms with Gasteiger partial charge in [0, 0.05) is 11.5 Å². The number of halogens is 3. The van der Waals surface area contributed by atoms with Gasteiger partial charge >= 0.3 is 0 Å². The molecule has 1 aromatic heterocycles. The maximum atomic E-state index is 13.3. The van der Waals surface area contributed by atoms with Gasteiger partial charge in [0.25, 0.3) is 0 Å². The second kappa shape index (κ2) is 3.12. The molecule has 15 heavy (non-hydrogen) atoms. The van der Waals surface area contributed by atoms with E-state index in [0.29, 0.717) is 5.56 Å². The highest BCUT2D eigenvalue weighted by Crippen LogP contribution is 2.24. The standard InChI is InChI=1S/C10H7F3N2/c1-4-2-5-7(15-10(4)14)3-6(11)9(13)8(5)12/h2-3H,1H3,(H2,14,15). The number of nitrogens with zero attached hydrogens (tertiary/aromatic N) is 1. The van der Waals surface area contributed by atoms with Crippen LogP contribution < -0.4 is 5.73 Å². The van der Waals surface area contributed by atoms with E-state index in [1.165, 1.54) is 6.07 Å². The molecule has 0 atom stereocenters. The largest absolute Gasteiger partial charge is 0.383 e. The molecule has 0 unspecified atom stereocenters. The molecule has 0 amide bonds. The maximum Gasteiger partial charge on any atom is 0.195 e. The molecule has 0 bridgehead atoms. The van der Waals surface area contributed by atoms with Gasteiger partial charge in [0.1, 0.15) is 5.82 Å². The maximum absolute atomic E-state index is 13.3. The Morgan fingerprint density at radius 2 is 1.80 bits per heavy atom. The summed E-state index contributed by atoms with van der Waals surface area (Å²) in [4.78, 5) is 3.77. The van der Waals surface area contributed by atoms with E-state index in [9.17, 15) is 13.2 Å². The summed E-state index contributed by atoms with van der Waals surface area (Å²) in [7, 11) is 0. The van der Waals surface area contributed by atoms with Crippen LogP contribution in [0.15, 0.2) is 12.1 Å². The van der Waals surface area contributed by atoms with Gasteiger partial charge < -0.3 is 5.73 Å². The predicted molar refractivity (Wildman–Crippen MR) is 50.8 cm³/mol. The average Bonchev–Trinajstić information content (AvgIpc) is 2.19. The average molecular weight is 212 g/mol. The second-order valence-electron chi connectivity index (χ2n) is 3.24. The molecule has 0 radical (unpaired) electrons. The number of aromatic nitrogens is 1. The third kappa shape index (κ3) is 1.40. The van der Waals surface area contributed by atoms with Crippen molar-refractivity contribution in [1.82, 2.24) is 4.98 Å². The van der Waals surface area contributed by atoms with Crippen molar-refractivity contribution in [3.63, 3.8) is 0 Å². The normalized spacial score (nSPS) is 10.9. The lowest BCUT2D eigenvalue weighted by Crippen LogP contribution is -1.98. The Labute approximate surface area is 83.5 Å². The molecular weight excluding hydrogens is 205 g/mol. The van der Waals surface area contributed by atoms with Crippen LogP contribution in [0.3, 0.4) is 0 Å². The van der Waals surface area contributed by atoms with E-state index in [-0.39, 0.29) is 16.7 Å². The molecule has 0 aliphatic rings. The Balaban J connectivity index is 2.93. The van der Waals surface area contributed by atoms with Crippen LogP contribution in [0, 0.1) is 24.4 Å². The fraction of sp³-hybridized carbons (Fsp3) is 0.100. The molecule has 2 rings (SSSR count). The number of nitrogen functional groups attached to an aromatic ring is 1. The minimum atomic E-state index is -1.49. The molecule has 2 N–H and O–H groups in total. The highest BCUT2D eigenvalue weighted by molar-refractivity contribution is 5.82. The molecule has 0 saturated heterocycles. The van der Waals surface area contributed by atoms with Crippen molar-refractivity contribution >= 4 is 16.7 Å². The summed E-state index contributed by atoms with van der Waals surface area (Å²) in [5.41, 5.74) is 6.00. The highest BCUT2D eigenvalue weighted by Gasteiger charge is 2.14. The highest BCUT2D eigenvalue weighted by atomic mass is 19.2. The molecule has 78 valence electrons. The first-order valence-electron chi connectivity index (χ1n) is 4.21. The van der Waals surface area contributed by atoms with Gasteiger partial charge in [0.15, 0.2) is 17.5 Å². The lowest BCUT2D eigenvalue weighted by Gasteiger charge is -2.04. The van der Waals surface area contributed by atoms with E-state index < -0.39 is 17.5 Å². The van der Waals surface area contributed by atoms with Crippen molar-refractivity contribution in [2.24, 2.45) is 0 Å². The number of anilines is 1. The van der Waals surface area contributed by atoms with Gasteiger partial charge in [0.05, 0.1) is 5.52 Å². The molecule has 2 aromatic rings. The van der Waals surface area contributed by atoms with Gasteiger partial charge in [-0.25, -0.2) is 18.2 Å². The van der Waals surface area contributed by atoms with Crippen molar-refractivity contribution in [2.45, 2.75) is 6.92 Å². The smallest absolute Gasteiger partial charge is 0.195 e. The Bertz CT molecular complexity index is 547. The first kappa shape index (κ1) is 9.76. The number of rotatable bonds is 0. The Hall–Kier alpha value is -1.78. The van der Waals surface area contributed by atoms with Gasteiger partial charge in [-0.15, -0.1) is 0 Å². The van der Waals surface area contributed by atoms with E-state index >= 15 is 0 Å². The summed E-state index contributed by atoms with van der Waals surface area (Å²) < 4.78 is 39.0.